The summed E-state index contributed by atoms with van der Waals surface area (Å²) in [4.78, 5) is 1.88. The fourth-order valence-corrected chi connectivity index (χ4v) is 2.93. The summed E-state index contributed by atoms with van der Waals surface area (Å²) in [5, 5.41) is 8.81. The van der Waals surface area contributed by atoms with Gasteiger partial charge in [0.05, 0.1) is 17.9 Å². The molecule has 1 aliphatic heterocycles. The first-order valence-corrected chi connectivity index (χ1v) is 7.66. The molecule has 1 heterocycles. The SMILES string of the molecule is CS(=O)(=O)N1CCN(c2cc(F)cc(C#N)c2)CC1. The summed E-state index contributed by atoms with van der Waals surface area (Å²) in [7, 11) is -3.17. The molecule has 0 spiro atoms. The van der Waals surface area contributed by atoms with Gasteiger partial charge in [0.1, 0.15) is 5.82 Å². The molecule has 7 heteroatoms. The standard InChI is InChI=1S/C12H14FN3O2S/c1-19(17,18)16-4-2-15(3-5-16)12-7-10(9-14)6-11(13)8-12/h6-8H,2-5H2,1H3. The first kappa shape index (κ1) is 13.8. The van der Waals surface area contributed by atoms with E-state index in [1.807, 2.05) is 11.0 Å². The number of nitrogens with zero attached hydrogens (tertiary/aromatic N) is 3. The molecular formula is C12H14FN3O2S. The van der Waals surface area contributed by atoms with Gasteiger partial charge in [-0.2, -0.15) is 9.57 Å². The maximum atomic E-state index is 13.4. The third-order valence-electron chi connectivity index (χ3n) is 3.08. The zero-order valence-corrected chi connectivity index (χ0v) is 11.3. The van der Waals surface area contributed by atoms with Gasteiger partial charge in [-0.3, -0.25) is 0 Å². The van der Waals surface area contributed by atoms with Crippen LogP contribution in [0.15, 0.2) is 18.2 Å². The minimum atomic E-state index is -3.17. The lowest BCUT2D eigenvalue weighted by molar-refractivity contribution is 0.388. The Hall–Kier alpha value is -1.65. The maximum Gasteiger partial charge on any atom is 0.211 e. The lowest BCUT2D eigenvalue weighted by Gasteiger charge is -2.34. The van der Waals surface area contributed by atoms with Gasteiger partial charge in [-0.25, -0.2) is 12.8 Å². The van der Waals surface area contributed by atoms with E-state index in [9.17, 15) is 12.8 Å². The summed E-state index contributed by atoms with van der Waals surface area (Å²) in [6.45, 7) is 1.72. The number of hydrogen-bond acceptors (Lipinski definition) is 4. The van der Waals surface area contributed by atoms with E-state index in [1.165, 1.54) is 22.7 Å². The van der Waals surface area contributed by atoms with Gasteiger partial charge < -0.3 is 4.90 Å². The molecule has 0 aromatic heterocycles. The quantitative estimate of drug-likeness (QED) is 0.804. The van der Waals surface area contributed by atoms with Gasteiger partial charge in [0.25, 0.3) is 0 Å². The fraction of sp³-hybridized carbons (Fsp3) is 0.417. The van der Waals surface area contributed by atoms with Gasteiger partial charge in [0, 0.05) is 31.9 Å². The number of rotatable bonds is 2. The Morgan fingerprint density at radius 1 is 1.21 bits per heavy atom. The predicted molar refractivity (Wildman–Crippen MR) is 69.7 cm³/mol. The highest BCUT2D eigenvalue weighted by Crippen LogP contribution is 2.20. The van der Waals surface area contributed by atoms with Crippen molar-refractivity contribution in [2.45, 2.75) is 0 Å². The zero-order chi connectivity index (χ0) is 14.0. The molecule has 0 unspecified atom stereocenters. The van der Waals surface area contributed by atoms with E-state index in [4.69, 9.17) is 5.26 Å². The van der Waals surface area contributed by atoms with Crippen molar-refractivity contribution < 1.29 is 12.8 Å². The van der Waals surface area contributed by atoms with Crippen LogP contribution in [0.1, 0.15) is 5.56 Å². The predicted octanol–water partition coefficient (Wildman–Crippen LogP) is 0.779. The third-order valence-corrected chi connectivity index (χ3v) is 4.39. The van der Waals surface area contributed by atoms with Gasteiger partial charge >= 0.3 is 0 Å². The number of anilines is 1. The van der Waals surface area contributed by atoms with Gasteiger partial charge in [-0.1, -0.05) is 0 Å². The average Bonchev–Trinajstić information content (AvgIpc) is 2.37. The molecule has 1 fully saturated rings. The van der Waals surface area contributed by atoms with E-state index >= 15 is 0 Å². The van der Waals surface area contributed by atoms with E-state index in [2.05, 4.69) is 0 Å². The van der Waals surface area contributed by atoms with Crippen LogP contribution in [0.25, 0.3) is 0 Å². The number of benzene rings is 1. The maximum absolute atomic E-state index is 13.4. The van der Waals surface area contributed by atoms with Gasteiger partial charge in [0.15, 0.2) is 0 Å². The van der Waals surface area contributed by atoms with E-state index in [0.717, 1.165) is 0 Å². The molecule has 0 bridgehead atoms. The molecule has 1 aliphatic rings. The molecule has 1 aromatic rings. The Morgan fingerprint density at radius 2 is 1.84 bits per heavy atom. The van der Waals surface area contributed by atoms with Crippen LogP contribution in [0.4, 0.5) is 10.1 Å². The normalized spacial score (nSPS) is 17.2. The van der Waals surface area contributed by atoms with Crippen LogP contribution in [0.5, 0.6) is 0 Å². The zero-order valence-electron chi connectivity index (χ0n) is 10.5. The number of halogens is 1. The molecule has 0 amide bonds. The van der Waals surface area contributed by atoms with Gasteiger partial charge in [-0.15, -0.1) is 0 Å². The van der Waals surface area contributed by atoms with E-state index in [0.29, 0.717) is 31.9 Å². The number of nitriles is 1. The van der Waals surface area contributed by atoms with Gasteiger partial charge in [-0.05, 0) is 18.2 Å². The monoisotopic (exact) mass is 283 g/mol. The fourth-order valence-electron chi connectivity index (χ4n) is 2.10. The summed E-state index contributed by atoms with van der Waals surface area (Å²) < 4.78 is 37.5. The number of piperazine rings is 1. The molecular weight excluding hydrogens is 269 g/mol. The summed E-state index contributed by atoms with van der Waals surface area (Å²) >= 11 is 0. The number of hydrogen-bond donors (Lipinski definition) is 0. The minimum Gasteiger partial charge on any atom is -0.369 e. The van der Waals surface area contributed by atoms with Crippen molar-refractivity contribution in [1.29, 1.82) is 5.26 Å². The number of sulfonamides is 1. The van der Waals surface area contributed by atoms with Crippen molar-refractivity contribution >= 4 is 15.7 Å². The molecule has 0 atom stereocenters. The Balaban J connectivity index is 2.14. The molecule has 5 nitrogen and oxygen atoms in total. The van der Waals surface area contributed by atoms with E-state index in [1.54, 1.807) is 6.07 Å². The molecule has 0 N–H and O–H groups in total. The van der Waals surface area contributed by atoms with Gasteiger partial charge in [0.2, 0.25) is 10.0 Å². The molecule has 19 heavy (non-hydrogen) atoms. The topological polar surface area (TPSA) is 64.4 Å². The highest BCUT2D eigenvalue weighted by atomic mass is 32.2. The third kappa shape index (κ3) is 3.22. The minimum absolute atomic E-state index is 0.264. The van der Waals surface area contributed by atoms with Crippen LogP contribution in [0.3, 0.4) is 0 Å². The van der Waals surface area contributed by atoms with Crippen molar-refractivity contribution in [3.63, 3.8) is 0 Å². The van der Waals surface area contributed by atoms with Crippen molar-refractivity contribution in [2.75, 3.05) is 37.3 Å². The summed E-state index contributed by atoms with van der Waals surface area (Å²) in [6, 6.07) is 6.05. The second kappa shape index (κ2) is 5.15. The lowest BCUT2D eigenvalue weighted by Crippen LogP contribution is -2.48. The second-order valence-corrected chi connectivity index (χ2v) is 6.44. The first-order valence-electron chi connectivity index (χ1n) is 5.81. The summed E-state index contributed by atoms with van der Waals surface area (Å²) in [6.07, 6.45) is 1.18. The smallest absolute Gasteiger partial charge is 0.211 e. The van der Waals surface area contributed by atoms with E-state index < -0.39 is 15.8 Å². The Labute approximate surface area is 111 Å². The highest BCUT2D eigenvalue weighted by Gasteiger charge is 2.23. The molecule has 2 rings (SSSR count). The van der Waals surface area contributed by atoms with Crippen LogP contribution < -0.4 is 4.90 Å². The molecule has 0 radical (unpaired) electrons. The van der Waals surface area contributed by atoms with Crippen molar-refractivity contribution in [2.24, 2.45) is 0 Å². The molecule has 1 aromatic carbocycles. The second-order valence-electron chi connectivity index (χ2n) is 4.46. The average molecular weight is 283 g/mol. The summed E-state index contributed by atoms with van der Waals surface area (Å²) in [5.74, 6) is -0.459. The Morgan fingerprint density at radius 3 is 2.37 bits per heavy atom. The van der Waals surface area contributed by atoms with E-state index in [-0.39, 0.29) is 5.56 Å². The summed E-state index contributed by atoms with van der Waals surface area (Å²) in [5.41, 5.74) is 0.880. The first-order chi connectivity index (χ1) is 8.90. The van der Waals surface area contributed by atoms with Crippen molar-refractivity contribution in [3.05, 3.63) is 29.6 Å². The Kier molecular flexibility index (Phi) is 3.73. The Bertz CT molecular complexity index is 616. The van der Waals surface area contributed by atoms with Crippen LogP contribution in [-0.2, 0) is 10.0 Å². The van der Waals surface area contributed by atoms with Crippen molar-refractivity contribution in [1.82, 2.24) is 4.31 Å². The molecule has 1 saturated heterocycles. The molecule has 102 valence electrons. The van der Waals surface area contributed by atoms with Crippen LogP contribution in [-0.4, -0.2) is 45.2 Å². The molecule has 0 saturated carbocycles. The van der Waals surface area contributed by atoms with Crippen LogP contribution in [0, 0.1) is 17.1 Å². The lowest BCUT2D eigenvalue weighted by atomic mass is 10.2. The van der Waals surface area contributed by atoms with Crippen LogP contribution in [0.2, 0.25) is 0 Å². The largest absolute Gasteiger partial charge is 0.369 e. The highest BCUT2D eigenvalue weighted by molar-refractivity contribution is 7.88. The van der Waals surface area contributed by atoms with Crippen molar-refractivity contribution in [3.8, 4) is 6.07 Å². The van der Waals surface area contributed by atoms with Crippen LogP contribution >= 0.6 is 0 Å². The molecule has 0 aliphatic carbocycles.